The first-order chi connectivity index (χ1) is 13.1. The number of aliphatic hydroxyl groups is 1. The summed E-state index contributed by atoms with van der Waals surface area (Å²) in [6.45, 7) is 6.95. The van der Waals surface area contributed by atoms with Crippen LogP contribution in [0.15, 0.2) is 41.9 Å². The van der Waals surface area contributed by atoms with E-state index in [1.54, 1.807) is 6.08 Å². The molecule has 1 saturated carbocycles. The van der Waals surface area contributed by atoms with Crippen LogP contribution in [0.5, 0.6) is 5.75 Å². The van der Waals surface area contributed by atoms with E-state index in [4.69, 9.17) is 19.6 Å². The number of rotatable bonds is 10. The van der Waals surface area contributed by atoms with Gasteiger partial charge in [-0.05, 0) is 49.9 Å². The number of nitrogens with one attached hydrogen (secondary N) is 1. The second kappa shape index (κ2) is 8.57. The molecule has 1 aromatic rings. The fourth-order valence-corrected chi connectivity index (χ4v) is 3.12. The third-order valence-electron chi connectivity index (χ3n) is 5.03. The van der Waals surface area contributed by atoms with E-state index in [0.717, 1.165) is 11.3 Å². The lowest BCUT2D eigenvalue weighted by molar-refractivity contribution is -0.128. The number of aliphatic hydroxyl groups excluding tert-OH is 1. The quantitative estimate of drug-likeness (QED) is 0.488. The number of carbonyl (C=O) groups excluding carboxylic acids is 1. The highest BCUT2D eigenvalue weighted by atomic mass is 16.5. The minimum Gasteiger partial charge on any atom is -0.494 e. The number of aliphatic imine (C=N–C) groups is 1. The van der Waals surface area contributed by atoms with Gasteiger partial charge in [-0.2, -0.15) is 0 Å². The molecular weight excluding hydrogens is 344 g/mol. The van der Waals surface area contributed by atoms with Crippen molar-refractivity contribution in [1.29, 1.82) is 0 Å². The molecule has 146 valence electrons. The van der Waals surface area contributed by atoms with Gasteiger partial charge in [0.05, 0.1) is 6.61 Å². The van der Waals surface area contributed by atoms with Crippen LogP contribution in [0.25, 0.3) is 0 Å². The Hall–Kier alpha value is -2.34. The molecule has 2 N–H and O–H groups in total. The van der Waals surface area contributed by atoms with Crippen LogP contribution in [0, 0.1) is 5.92 Å². The number of hydrogen-bond donors (Lipinski definition) is 2. The normalized spacial score (nSPS) is 24.1. The number of ether oxygens (including phenoxy) is 2. The predicted octanol–water partition coefficient (Wildman–Crippen LogP) is 2.45. The third-order valence-corrected chi connectivity index (χ3v) is 5.03. The van der Waals surface area contributed by atoms with E-state index in [9.17, 15) is 4.79 Å². The van der Waals surface area contributed by atoms with Gasteiger partial charge in [0.1, 0.15) is 11.9 Å². The highest BCUT2D eigenvalue weighted by molar-refractivity contribution is 6.00. The summed E-state index contributed by atoms with van der Waals surface area (Å²) < 4.78 is 11.5. The lowest BCUT2D eigenvalue weighted by Crippen LogP contribution is -2.51. The first kappa shape index (κ1) is 19.4. The Bertz CT molecular complexity index is 697. The molecule has 0 radical (unpaired) electrons. The van der Waals surface area contributed by atoms with Gasteiger partial charge in [-0.15, -0.1) is 6.58 Å². The molecule has 6 heteroatoms. The maximum atomic E-state index is 12.9. The van der Waals surface area contributed by atoms with Crippen molar-refractivity contribution in [1.82, 2.24) is 5.32 Å². The van der Waals surface area contributed by atoms with Crippen LogP contribution in [0.3, 0.4) is 0 Å². The molecule has 1 aliphatic carbocycles. The number of carbonyl (C=O) groups is 1. The Morgan fingerprint density at radius 2 is 2.19 bits per heavy atom. The zero-order valence-corrected chi connectivity index (χ0v) is 15.8. The first-order valence-corrected chi connectivity index (χ1v) is 9.59. The van der Waals surface area contributed by atoms with E-state index in [1.165, 1.54) is 12.8 Å². The van der Waals surface area contributed by atoms with Gasteiger partial charge in [0, 0.05) is 31.6 Å². The summed E-state index contributed by atoms with van der Waals surface area (Å²) in [5.74, 6) is 1.70. The summed E-state index contributed by atoms with van der Waals surface area (Å²) in [6.07, 6.45) is 4.74. The molecule has 3 rings (SSSR count). The zero-order chi connectivity index (χ0) is 19.3. The van der Waals surface area contributed by atoms with Crippen molar-refractivity contribution in [3.63, 3.8) is 0 Å². The minimum absolute atomic E-state index is 0.0965. The smallest absolute Gasteiger partial charge is 0.252 e. The summed E-state index contributed by atoms with van der Waals surface area (Å²) in [4.78, 5) is 17.6. The summed E-state index contributed by atoms with van der Waals surface area (Å²) in [5, 5.41) is 11.9. The molecule has 0 saturated heterocycles. The maximum absolute atomic E-state index is 12.9. The lowest BCUT2D eigenvalue weighted by Gasteiger charge is -2.26. The van der Waals surface area contributed by atoms with E-state index in [-0.39, 0.29) is 18.6 Å². The Morgan fingerprint density at radius 3 is 2.81 bits per heavy atom. The highest BCUT2D eigenvalue weighted by Crippen LogP contribution is 2.33. The zero-order valence-electron chi connectivity index (χ0n) is 15.8. The van der Waals surface area contributed by atoms with Gasteiger partial charge in [-0.1, -0.05) is 6.08 Å². The Balaban J connectivity index is 1.74. The molecule has 2 aliphatic rings. The van der Waals surface area contributed by atoms with Crippen LogP contribution in [-0.2, 0) is 9.53 Å². The van der Waals surface area contributed by atoms with Crippen molar-refractivity contribution in [3.8, 4) is 5.75 Å². The molecule has 2 atom stereocenters. The van der Waals surface area contributed by atoms with Crippen LogP contribution in [0.2, 0.25) is 0 Å². The van der Waals surface area contributed by atoms with Crippen molar-refractivity contribution >= 4 is 11.8 Å². The molecule has 0 bridgehead atoms. The average Bonchev–Trinajstić information content (AvgIpc) is 3.44. The molecular formula is C21H28N2O4. The Morgan fingerprint density at radius 1 is 1.44 bits per heavy atom. The van der Waals surface area contributed by atoms with Crippen LogP contribution in [0.4, 0.5) is 0 Å². The van der Waals surface area contributed by atoms with Crippen molar-refractivity contribution < 1.29 is 19.4 Å². The van der Waals surface area contributed by atoms with Gasteiger partial charge in [0.2, 0.25) is 5.90 Å². The second-order valence-corrected chi connectivity index (χ2v) is 7.20. The van der Waals surface area contributed by atoms with Crippen LogP contribution in [0.1, 0.15) is 38.2 Å². The highest BCUT2D eigenvalue weighted by Gasteiger charge is 2.49. The molecule has 1 heterocycles. The SMILES string of the molecule is C=CC[C@@]1(C(=O)NCC2CC2)N=C(c2ccc(OCCCO)cc2)O[C@@H]1C. The van der Waals surface area contributed by atoms with Gasteiger partial charge < -0.3 is 19.9 Å². The summed E-state index contributed by atoms with van der Waals surface area (Å²) in [7, 11) is 0. The lowest BCUT2D eigenvalue weighted by atomic mass is 9.89. The number of amides is 1. The van der Waals surface area contributed by atoms with Crippen molar-refractivity contribution in [3.05, 3.63) is 42.5 Å². The van der Waals surface area contributed by atoms with Gasteiger partial charge in [-0.3, -0.25) is 4.79 Å². The summed E-state index contributed by atoms with van der Waals surface area (Å²) in [5.41, 5.74) is -0.167. The molecule has 1 aromatic carbocycles. The minimum atomic E-state index is -0.970. The van der Waals surface area contributed by atoms with Crippen LogP contribution < -0.4 is 10.1 Å². The second-order valence-electron chi connectivity index (χ2n) is 7.20. The van der Waals surface area contributed by atoms with Crippen molar-refractivity contribution in [2.24, 2.45) is 10.9 Å². The fraction of sp³-hybridized carbons (Fsp3) is 0.524. The molecule has 0 unspecified atom stereocenters. The molecule has 27 heavy (non-hydrogen) atoms. The summed E-state index contributed by atoms with van der Waals surface area (Å²) >= 11 is 0. The summed E-state index contributed by atoms with van der Waals surface area (Å²) in [6, 6.07) is 7.41. The molecule has 0 aromatic heterocycles. The van der Waals surface area contributed by atoms with Gasteiger partial charge >= 0.3 is 0 Å². The topological polar surface area (TPSA) is 80.2 Å². The van der Waals surface area contributed by atoms with Gasteiger partial charge in [-0.25, -0.2) is 4.99 Å². The predicted molar refractivity (Wildman–Crippen MR) is 104 cm³/mol. The molecule has 1 aliphatic heterocycles. The van der Waals surface area contributed by atoms with Gasteiger partial charge in [0.15, 0.2) is 5.54 Å². The average molecular weight is 372 g/mol. The number of nitrogens with zero attached hydrogens (tertiary/aromatic N) is 1. The van der Waals surface area contributed by atoms with Crippen LogP contribution in [-0.4, -0.2) is 48.3 Å². The Kier molecular flexibility index (Phi) is 6.16. The third kappa shape index (κ3) is 4.50. The Labute approximate surface area is 160 Å². The van der Waals surface area contributed by atoms with Crippen LogP contribution >= 0.6 is 0 Å². The monoisotopic (exact) mass is 372 g/mol. The van der Waals surface area contributed by atoms with Crippen molar-refractivity contribution in [2.45, 2.75) is 44.2 Å². The molecule has 1 amide bonds. The largest absolute Gasteiger partial charge is 0.494 e. The molecule has 6 nitrogen and oxygen atoms in total. The standard InChI is InChI=1S/C21H28N2O4/c1-3-11-21(20(25)22-14-16-5-6-16)15(2)27-19(23-21)17-7-9-18(10-8-17)26-13-4-12-24/h3,7-10,15-16,24H,1,4-6,11-14H2,2H3,(H,22,25)/t15-,21-/m1/s1. The maximum Gasteiger partial charge on any atom is 0.252 e. The van der Waals surface area contributed by atoms with E-state index < -0.39 is 5.54 Å². The first-order valence-electron chi connectivity index (χ1n) is 9.59. The van der Waals surface area contributed by atoms with E-state index >= 15 is 0 Å². The molecule has 0 spiro atoms. The van der Waals surface area contributed by atoms with E-state index in [2.05, 4.69) is 11.9 Å². The fourth-order valence-electron chi connectivity index (χ4n) is 3.12. The number of benzene rings is 1. The number of hydrogen-bond acceptors (Lipinski definition) is 5. The molecule has 1 fully saturated rings. The van der Waals surface area contributed by atoms with E-state index in [0.29, 0.717) is 37.8 Å². The van der Waals surface area contributed by atoms with E-state index in [1.807, 2.05) is 31.2 Å². The van der Waals surface area contributed by atoms with Crippen molar-refractivity contribution in [2.75, 3.05) is 19.8 Å². The van der Waals surface area contributed by atoms with Gasteiger partial charge in [0.25, 0.3) is 5.91 Å².